The van der Waals surface area contributed by atoms with Gasteiger partial charge in [0.1, 0.15) is 6.10 Å². The fourth-order valence-corrected chi connectivity index (χ4v) is 2.19. The summed E-state index contributed by atoms with van der Waals surface area (Å²) in [5.41, 5.74) is 0.969. The number of hydrogen-bond acceptors (Lipinski definition) is 4. The number of nitrogens with one attached hydrogen (secondary N) is 1. The molecule has 0 spiro atoms. The Morgan fingerprint density at radius 3 is 2.95 bits per heavy atom. The van der Waals surface area contributed by atoms with Crippen LogP contribution in [0.2, 0.25) is 0 Å². The molecule has 1 aromatic heterocycles. The summed E-state index contributed by atoms with van der Waals surface area (Å²) in [7, 11) is 0. The fraction of sp³-hybridized carbons (Fsp3) is 0.333. The number of hydrogen-bond donors (Lipinski definition) is 1. The van der Waals surface area contributed by atoms with Crippen LogP contribution in [-0.4, -0.2) is 23.6 Å². The van der Waals surface area contributed by atoms with Crippen molar-refractivity contribution in [3.05, 3.63) is 42.4 Å². The van der Waals surface area contributed by atoms with Gasteiger partial charge in [0.2, 0.25) is 11.8 Å². The number of carbonyl (C=O) groups is 1. The minimum atomic E-state index is -0.321. The fourth-order valence-electron chi connectivity index (χ4n) is 2.19. The minimum Gasteiger partial charge on any atom is -0.439 e. The van der Waals surface area contributed by atoms with Gasteiger partial charge >= 0.3 is 0 Å². The molecule has 1 N–H and O–H groups in total. The van der Waals surface area contributed by atoms with Crippen molar-refractivity contribution < 1.29 is 13.9 Å². The van der Waals surface area contributed by atoms with Crippen LogP contribution in [0.5, 0.6) is 0 Å². The first-order valence-corrected chi connectivity index (χ1v) is 6.72. The number of amides is 1. The summed E-state index contributed by atoms with van der Waals surface area (Å²) < 4.78 is 10.9. The highest BCUT2D eigenvalue weighted by atomic mass is 16.5. The summed E-state index contributed by atoms with van der Waals surface area (Å²) >= 11 is 0. The lowest BCUT2D eigenvalue weighted by molar-refractivity contribution is -0.130. The van der Waals surface area contributed by atoms with Crippen molar-refractivity contribution in [1.29, 1.82) is 0 Å². The van der Waals surface area contributed by atoms with Crippen LogP contribution in [0.3, 0.4) is 0 Å². The van der Waals surface area contributed by atoms with Crippen LogP contribution in [0.25, 0.3) is 11.3 Å². The summed E-state index contributed by atoms with van der Waals surface area (Å²) in [5, 5.41) is 2.79. The first kappa shape index (κ1) is 12.9. The van der Waals surface area contributed by atoms with Crippen LogP contribution in [0.4, 0.5) is 0 Å². The van der Waals surface area contributed by atoms with E-state index in [2.05, 4.69) is 10.3 Å². The normalized spacial score (nSPS) is 18.1. The second kappa shape index (κ2) is 5.88. The molecule has 2 aromatic rings. The summed E-state index contributed by atoms with van der Waals surface area (Å²) in [5.74, 6) is 1.10. The van der Waals surface area contributed by atoms with E-state index in [0.29, 0.717) is 18.3 Å². The molecule has 1 aliphatic heterocycles. The van der Waals surface area contributed by atoms with Crippen LogP contribution in [0.15, 0.2) is 40.9 Å². The molecule has 1 aromatic carbocycles. The molecule has 20 heavy (non-hydrogen) atoms. The maximum Gasteiger partial charge on any atom is 0.249 e. The third-order valence-corrected chi connectivity index (χ3v) is 3.25. The average Bonchev–Trinajstić information content (AvgIpc) is 3.17. The molecular weight excluding hydrogens is 256 g/mol. The number of nitrogens with zero attached hydrogens (tertiary/aromatic N) is 1. The molecule has 0 saturated carbocycles. The molecular formula is C15H16N2O3. The summed E-state index contributed by atoms with van der Waals surface area (Å²) in [6, 6.07) is 9.74. The smallest absolute Gasteiger partial charge is 0.249 e. The van der Waals surface area contributed by atoms with E-state index in [9.17, 15) is 4.79 Å². The molecule has 1 fully saturated rings. The Bertz CT molecular complexity index is 574. The zero-order valence-corrected chi connectivity index (χ0v) is 11.0. The van der Waals surface area contributed by atoms with Gasteiger partial charge < -0.3 is 14.5 Å². The van der Waals surface area contributed by atoms with Crippen molar-refractivity contribution in [1.82, 2.24) is 10.3 Å². The summed E-state index contributed by atoms with van der Waals surface area (Å²) in [6.45, 7) is 0.945. The van der Waals surface area contributed by atoms with E-state index < -0.39 is 0 Å². The van der Waals surface area contributed by atoms with E-state index >= 15 is 0 Å². The number of aromatic nitrogens is 1. The van der Waals surface area contributed by atoms with Gasteiger partial charge in [-0.05, 0) is 12.8 Å². The molecule has 5 heteroatoms. The van der Waals surface area contributed by atoms with Crippen LogP contribution >= 0.6 is 0 Å². The standard InChI is InChI=1S/C15H16N2O3/c18-15(12-7-4-8-19-12)17-10-14-16-9-13(20-14)11-5-2-1-3-6-11/h1-3,5-6,9,12H,4,7-8,10H2,(H,17,18)/t12-/m0/s1. The predicted octanol–water partition coefficient (Wildman–Crippen LogP) is 2.14. The lowest BCUT2D eigenvalue weighted by atomic mass is 10.2. The number of rotatable bonds is 4. The second-order valence-electron chi connectivity index (χ2n) is 4.70. The van der Waals surface area contributed by atoms with Gasteiger partial charge in [-0.1, -0.05) is 30.3 Å². The third-order valence-electron chi connectivity index (χ3n) is 3.25. The first-order chi connectivity index (χ1) is 9.83. The lowest BCUT2D eigenvalue weighted by Gasteiger charge is -2.08. The van der Waals surface area contributed by atoms with Crippen molar-refractivity contribution in [2.45, 2.75) is 25.5 Å². The lowest BCUT2D eigenvalue weighted by Crippen LogP contribution is -2.33. The molecule has 3 rings (SSSR count). The molecule has 1 aliphatic rings. The molecule has 1 amide bonds. The van der Waals surface area contributed by atoms with Crippen molar-refractivity contribution in [3.63, 3.8) is 0 Å². The summed E-state index contributed by atoms with van der Waals surface area (Å²) in [4.78, 5) is 16.0. The quantitative estimate of drug-likeness (QED) is 0.926. The molecule has 1 saturated heterocycles. The Morgan fingerprint density at radius 1 is 1.35 bits per heavy atom. The molecule has 1 atom stereocenters. The van der Waals surface area contributed by atoms with Gasteiger partial charge in [0.15, 0.2) is 5.76 Å². The van der Waals surface area contributed by atoms with E-state index in [1.807, 2.05) is 30.3 Å². The maximum atomic E-state index is 11.8. The number of carbonyl (C=O) groups excluding carboxylic acids is 1. The van der Waals surface area contributed by atoms with Crippen molar-refractivity contribution in [3.8, 4) is 11.3 Å². The molecule has 5 nitrogen and oxygen atoms in total. The molecule has 0 unspecified atom stereocenters. The van der Waals surface area contributed by atoms with E-state index in [0.717, 1.165) is 18.4 Å². The highest BCUT2D eigenvalue weighted by molar-refractivity contribution is 5.80. The van der Waals surface area contributed by atoms with Gasteiger partial charge in [0.05, 0.1) is 12.7 Å². The highest BCUT2D eigenvalue weighted by Crippen LogP contribution is 2.19. The van der Waals surface area contributed by atoms with Crippen LogP contribution in [-0.2, 0) is 16.1 Å². The van der Waals surface area contributed by atoms with Gasteiger partial charge in [-0.2, -0.15) is 0 Å². The third kappa shape index (κ3) is 2.88. The number of ether oxygens (including phenoxy) is 1. The van der Waals surface area contributed by atoms with Gasteiger partial charge in [-0.15, -0.1) is 0 Å². The van der Waals surface area contributed by atoms with Gasteiger partial charge in [-0.3, -0.25) is 4.79 Å². The zero-order valence-electron chi connectivity index (χ0n) is 11.0. The predicted molar refractivity (Wildman–Crippen MR) is 72.8 cm³/mol. The van der Waals surface area contributed by atoms with Gasteiger partial charge in [-0.25, -0.2) is 4.98 Å². The molecule has 0 aliphatic carbocycles. The van der Waals surface area contributed by atoms with Crippen LogP contribution < -0.4 is 5.32 Å². The summed E-state index contributed by atoms with van der Waals surface area (Å²) in [6.07, 6.45) is 3.07. The number of oxazole rings is 1. The first-order valence-electron chi connectivity index (χ1n) is 6.72. The van der Waals surface area contributed by atoms with E-state index in [-0.39, 0.29) is 18.6 Å². The highest BCUT2D eigenvalue weighted by Gasteiger charge is 2.23. The van der Waals surface area contributed by atoms with E-state index in [1.54, 1.807) is 6.20 Å². The van der Waals surface area contributed by atoms with Crippen LogP contribution in [0, 0.1) is 0 Å². The van der Waals surface area contributed by atoms with Gasteiger partial charge in [0, 0.05) is 12.2 Å². The largest absolute Gasteiger partial charge is 0.439 e. The average molecular weight is 272 g/mol. The molecule has 0 bridgehead atoms. The topological polar surface area (TPSA) is 64.4 Å². The van der Waals surface area contributed by atoms with Crippen LogP contribution in [0.1, 0.15) is 18.7 Å². The van der Waals surface area contributed by atoms with Crippen molar-refractivity contribution in [2.75, 3.05) is 6.61 Å². The second-order valence-corrected chi connectivity index (χ2v) is 4.70. The SMILES string of the molecule is O=C(NCc1ncc(-c2ccccc2)o1)[C@@H]1CCCO1. The van der Waals surface area contributed by atoms with Crippen molar-refractivity contribution >= 4 is 5.91 Å². The Labute approximate surface area is 117 Å². The maximum absolute atomic E-state index is 11.8. The zero-order chi connectivity index (χ0) is 13.8. The minimum absolute atomic E-state index is 0.0954. The monoisotopic (exact) mass is 272 g/mol. The molecule has 2 heterocycles. The Morgan fingerprint density at radius 2 is 2.20 bits per heavy atom. The van der Waals surface area contributed by atoms with Crippen molar-refractivity contribution in [2.24, 2.45) is 0 Å². The van der Waals surface area contributed by atoms with E-state index in [1.165, 1.54) is 0 Å². The molecule has 104 valence electrons. The van der Waals surface area contributed by atoms with E-state index in [4.69, 9.17) is 9.15 Å². The number of benzene rings is 1. The Balaban J connectivity index is 1.59. The Hall–Kier alpha value is -2.14. The Kier molecular flexibility index (Phi) is 3.78. The molecule has 0 radical (unpaired) electrons. The van der Waals surface area contributed by atoms with Gasteiger partial charge in [0.25, 0.3) is 0 Å².